The summed E-state index contributed by atoms with van der Waals surface area (Å²) in [7, 11) is 0. The number of halogens is 2. The van der Waals surface area contributed by atoms with Crippen molar-refractivity contribution >= 4 is 18.3 Å². The van der Waals surface area contributed by atoms with Crippen molar-refractivity contribution in [3.63, 3.8) is 0 Å². The van der Waals surface area contributed by atoms with E-state index in [2.05, 4.69) is 5.32 Å². The van der Waals surface area contributed by atoms with Crippen LogP contribution in [0.1, 0.15) is 17.2 Å². The first kappa shape index (κ1) is 19.6. The summed E-state index contributed by atoms with van der Waals surface area (Å²) in [5, 5.41) is 3.40. The number of hydrogen-bond donors (Lipinski definition) is 1. The number of carbonyl (C=O) groups excluding carboxylic acids is 1. The van der Waals surface area contributed by atoms with Gasteiger partial charge in [0.15, 0.2) is 6.61 Å². The molecule has 4 rings (SSSR count). The van der Waals surface area contributed by atoms with Crippen molar-refractivity contribution in [2.24, 2.45) is 11.8 Å². The van der Waals surface area contributed by atoms with Crippen molar-refractivity contribution in [3.05, 3.63) is 65.5 Å². The zero-order chi connectivity index (χ0) is 18.1. The van der Waals surface area contributed by atoms with Crippen LogP contribution in [0.2, 0.25) is 0 Å². The zero-order valence-electron chi connectivity index (χ0n) is 15.2. The second-order valence-electron chi connectivity index (χ2n) is 7.18. The van der Waals surface area contributed by atoms with Crippen LogP contribution in [-0.2, 0) is 4.79 Å². The van der Waals surface area contributed by atoms with Crippen molar-refractivity contribution in [2.45, 2.75) is 13.0 Å². The highest BCUT2D eigenvalue weighted by atomic mass is 35.5. The fourth-order valence-corrected chi connectivity index (χ4v) is 4.24. The molecule has 2 aliphatic rings. The Kier molecular flexibility index (Phi) is 6.02. The van der Waals surface area contributed by atoms with E-state index in [9.17, 15) is 9.18 Å². The molecule has 3 atom stereocenters. The third-order valence-corrected chi connectivity index (χ3v) is 5.52. The molecule has 0 aromatic heterocycles. The summed E-state index contributed by atoms with van der Waals surface area (Å²) in [5.41, 5.74) is 1.87. The van der Waals surface area contributed by atoms with E-state index in [0.29, 0.717) is 18.4 Å². The van der Waals surface area contributed by atoms with Gasteiger partial charge in [-0.05, 0) is 42.2 Å². The van der Waals surface area contributed by atoms with E-state index in [1.165, 1.54) is 6.07 Å². The Morgan fingerprint density at radius 3 is 2.81 bits per heavy atom. The van der Waals surface area contributed by atoms with Crippen molar-refractivity contribution in [3.8, 4) is 5.75 Å². The lowest BCUT2D eigenvalue weighted by Crippen LogP contribution is -2.37. The number of nitrogens with one attached hydrogen (secondary N) is 1. The fraction of sp³-hybridized carbons (Fsp3) is 0.381. The molecular weight excluding hydrogens is 367 g/mol. The van der Waals surface area contributed by atoms with E-state index >= 15 is 0 Å². The molecule has 2 aromatic rings. The van der Waals surface area contributed by atoms with Gasteiger partial charge in [-0.2, -0.15) is 0 Å². The van der Waals surface area contributed by atoms with Crippen LogP contribution in [-0.4, -0.2) is 37.0 Å². The highest BCUT2D eigenvalue weighted by Gasteiger charge is 2.46. The average Bonchev–Trinajstić information content (AvgIpc) is 3.21. The maximum atomic E-state index is 13.8. The Morgan fingerprint density at radius 2 is 2.04 bits per heavy atom. The topological polar surface area (TPSA) is 41.6 Å². The van der Waals surface area contributed by atoms with Crippen LogP contribution in [0.4, 0.5) is 4.39 Å². The summed E-state index contributed by atoms with van der Waals surface area (Å²) in [6, 6.07) is 14.2. The quantitative estimate of drug-likeness (QED) is 0.870. The number of ether oxygens (including phenoxy) is 1. The van der Waals surface area contributed by atoms with E-state index in [0.717, 1.165) is 30.0 Å². The lowest BCUT2D eigenvalue weighted by molar-refractivity contribution is -0.134. The maximum absolute atomic E-state index is 13.8. The van der Waals surface area contributed by atoms with Gasteiger partial charge in [0.1, 0.15) is 11.6 Å². The molecule has 2 saturated heterocycles. The normalized spacial score (nSPS) is 23.6. The number of likely N-dealkylation sites (tertiary alicyclic amines) is 1. The molecule has 0 bridgehead atoms. The van der Waals surface area contributed by atoms with Crippen molar-refractivity contribution in [2.75, 3.05) is 26.2 Å². The summed E-state index contributed by atoms with van der Waals surface area (Å²) >= 11 is 0. The monoisotopic (exact) mass is 390 g/mol. The van der Waals surface area contributed by atoms with Gasteiger partial charge >= 0.3 is 0 Å². The largest absolute Gasteiger partial charge is 0.484 e. The lowest BCUT2D eigenvalue weighted by Gasteiger charge is -2.28. The number of benzene rings is 2. The molecule has 2 aromatic carbocycles. The molecule has 2 aliphatic heterocycles. The van der Waals surface area contributed by atoms with Crippen LogP contribution < -0.4 is 10.1 Å². The van der Waals surface area contributed by atoms with Gasteiger partial charge < -0.3 is 15.0 Å². The first-order chi connectivity index (χ1) is 12.6. The van der Waals surface area contributed by atoms with Crippen LogP contribution in [0.25, 0.3) is 0 Å². The number of hydrogen-bond acceptors (Lipinski definition) is 3. The summed E-state index contributed by atoms with van der Waals surface area (Å²) in [5.74, 6) is 1.14. The van der Waals surface area contributed by atoms with Crippen LogP contribution in [0, 0.1) is 24.6 Å². The smallest absolute Gasteiger partial charge is 0.261 e. The highest BCUT2D eigenvalue weighted by Crippen LogP contribution is 2.42. The van der Waals surface area contributed by atoms with Crippen molar-refractivity contribution < 1.29 is 13.9 Å². The van der Waals surface area contributed by atoms with Crippen LogP contribution in [0.3, 0.4) is 0 Å². The minimum absolute atomic E-state index is 0. The number of carbonyl (C=O) groups is 1. The Balaban J connectivity index is 0.00000210. The number of nitrogens with zero attached hydrogens (tertiary/aromatic N) is 1. The molecule has 0 radical (unpaired) electrons. The third kappa shape index (κ3) is 3.94. The van der Waals surface area contributed by atoms with Crippen molar-refractivity contribution in [1.29, 1.82) is 0 Å². The van der Waals surface area contributed by atoms with Gasteiger partial charge in [-0.15, -0.1) is 12.4 Å². The Morgan fingerprint density at radius 1 is 1.22 bits per heavy atom. The number of aryl methyl sites for hydroxylation is 1. The average molecular weight is 391 g/mol. The van der Waals surface area contributed by atoms with Gasteiger partial charge in [-0.1, -0.05) is 30.3 Å². The predicted octanol–water partition coefficient (Wildman–Crippen LogP) is 3.35. The van der Waals surface area contributed by atoms with Crippen LogP contribution in [0.5, 0.6) is 5.75 Å². The van der Waals surface area contributed by atoms with Gasteiger partial charge in [0, 0.05) is 25.6 Å². The Labute approximate surface area is 165 Å². The number of fused-ring (bicyclic) bond motifs is 1. The van der Waals surface area contributed by atoms with Gasteiger partial charge in [-0.3, -0.25) is 4.79 Å². The van der Waals surface area contributed by atoms with Gasteiger partial charge in [0.05, 0.1) is 6.04 Å². The summed E-state index contributed by atoms with van der Waals surface area (Å²) in [4.78, 5) is 14.8. The summed E-state index contributed by atoms with van der Waals surface area (Å²) in [6.45, 7) is 4.41. The molecule has 4 nitrogen and oxygen atoms in total. The second kappa shape index (κ2) is 8.28. The maximum Gasteiger partial charge on any atom is 0.261 e. The molecular formula is C21H24ClFN2O2. The number of rotatable bonds is 4. The van der Waals surface area contributed by atoms with Gasteiger partial charge in [0.25, 0.3) is 5.91 Å². The van der Waals surface area contributed by atoms with Crippen LogP contribution >= 0.6 is 12.4 Å². The van der Waals surface area contributed by atoms with Gasteiger partial charge in [0.2, 0.25) is 0 Å². The summed E-state index contributed by atoms with van der Waals surface area (Å²) < 4.78 is 19.5. The number of para-hydroxylation sites is 1. The molecule has 144 valence electrons. The molecule has 1 amide bonds. The molecule has 2 heterocycles. The molecule has 1 N–H and O–H groups in total. The van der Waals surface area contributed by atoms with Crippen molar-refractivity contribution in [1.82, 2.24) is 10.2 Å². The first-order valence-corrected chi connectivity index (χ1v) is 9.07. The van der Waals surface area contributed by atoms with E-state index in [-0.39, 0.29) is 36.8 Å². The highest BCUT2D eigenvalue weighted by molar-refractivity contribution is 5.85. The zero-order valence-corrected chi connectivity index (χ0v) is 16.0. The minimum atomic E-state index is -0.263. The molecule has 0 saturated carbocycles. The molecule has 2 fully saturated rings. The van der Waals surface area contributed by atoms with E-state index < -0.39 is 0 Å². The Hall–Kier alpha value is -2.11. The molecule has 0 unspecified atom stereocenters. The van der Waals surface area contributed by atoms with E-state index in [4.69, 9.17) is 4.74 Å². The van der Waals surface area contributed by atoms with E-state index in [1.807, 2.05) is 42.2 Å². The van der Waals surface area contributed by atoms with E-state index in [1.54, 1.807) is 12.1 Å². The summed E-state index contributed by atoms with van der Waals surface area (Å²) in [6.07, 6.45) is 0. The third-order valence-electron chi connectivity index (χ3n) is 5.52. The van der Waals surface area contributed by atoms with Crippen LogP contribution in [0.15, 0.2) is 48.5 Å². The van der Waals surface area contributed by atoms with Gasteiger partial charge in [-0.25, -0.2) is 4.39 Å². The molecule has 0 aliphatic carbocycles. The molecule has 6 heteroatoms. The SMILES string of the molecule is Cc1ccccc1OCC(=O)N1C[C@@H]2CNC[C@@H]2[C@H]1c1cccc(F)c1.Cl. The second-order valence-corrected chi connectivity index (χ2v) is 7.18. The fourth-order valence-electron chi connectivity index (χ4n) is 4.24. The number of amides is 1. The standard InChI is InChI=1S/C21H23FN2O2.ClH/c1-14-5-2-3-8-19(14)26-13-20(25)24-12-16-10-23-11-18(16)21(24)15-6-4-7-17(22)9-15;/h2-9,16,18,21,23H,10-13H2,1H3;1H/t16-,18-,21+;/m0./s1. The molecule has 0 spiro atoms. The minimum Gasteiger partial charge on any atom is -0.484 e. The Bertz CT molecular complexity index is 816. The lowest BCUT2D eigenvalue weighted by atomic mass is 9.89. The molecule has 27 heavy (non-hydrogen) atoms. The first-order valence-electron chi connectivity index (χ1n) is 9.07. The predicted molar refractivity (Wildman–Crippen MR) is 105 cm³/mol.